The Morgan fingerprint density at radius 3 is 2.35 bits per heavy atom. The molecule has 2 aliphatic carbocycles. The zero-order chi connectivity index (χ0) is 18.6. The minimum atomic E-state index is -0.800. The number of esters is 1. The maximum atomic E-state index is 12.4. The molecule has 0 unspecified atom stereocenters. The summed E-state index contributed by atoms with van der Waals surface area (Å²) in [6, 6.07) is 7.45. The highest BCUT2D eigenvalue weighted by molar-refractivity contribution is 5.76. The molecule has 0 radical (unpaired) electrons. The van der Waals surface area contributed by atoms with Crippen molar-refractivity contribution >= 4 is 12.3 Å². The minimum Gasteiger partial charge on any atom is -0.484 e. The first-order chi connectivity index (χ1) is 12.5. The third-order valence-electron chi connectivity index (χ3n) is 5.27. The van der Waals surface area contributed by atoms with Crippen LogP contribution in [-0.4, -0.2) is 17.9 Å². The summed E-state index contributed by atoms with van der Waals surface area (Å²) < 4.78 is 11.6. The second-order valence-corrected chi connectivity index (χ2v) is 7.44. The van der Waals surface area contributed by atoms with Crippen LogP contribution in [0.25, 0.3) is 0 Å². The highest BCUT2D eigenvalue weighted by Gasteiger charge is 2.40. The number of benzene rings is 1. The highest BCUT2D eigenvalue weighted by atomic mass is 16.5. The van der Waals surface area contributed by atoms with Crippen molar-refractivity contribution in [2.45, 2.75) is 58.0 Å². The number of allylic oxidation sites excluding steroid dienone is 4. The van der Waals surface area contributed by atoms with Crippen molar-refractivity contribution in [2.24, 2.45) is 5.92 Å². The number of carbonyl (C=O) groups is 2. The smallest absolute Gasteiger partial charge is 0.314 e. The Bertz CT molecular complexity index is 719. The fourth-order valence-corrected chi connectivity index (χ4v) is 3.46. The lowest BCUT2D eigenvalue weighted by atomic mass is 9.79. The summed E-state index contributed by atoms with van der Waals surface area (Å²) >= 11 is 0. The Labute approximate surface area is 154 Å². The normalized spacial score (nSPS) is 25.7. The van der Waals surface area contributed by atoms with E-state index in [9.17, 15) is 9.59 Å². The van der Waals surface area contributed by atoms with Gasteiger partial charge in [-0.1, -0.05) is 29.3 Å². The summed E-state index contributed by atoms with van der Waals surface area (Å²) in [5.74, 6) is 1.03. The standard InChI is InChI=1S/C22H26O4/c1-16-3-7-19(8-4-16)25-21(24)18-11-13-22(15-23,14-12-18)26-20-9-5-17(2)6-10-20/h3-5,7-9,15,18H,6,10-14H2,1-2H3. The molecule has 1 aromatic rings. The van der Waals surface area contributed by atoms with Gasteiger partial charge in [0.25, 0.3) is 0 Å². The van der Waals surface area contributed by atoms with E-state index in [2.05, 4.69) is 6.92 Å². The molecule has 0 atom stereocenters. The quantitative estimate of drug-likeness (QED) is 0.438. The van der Waals surface area contributed by atoms with E-state index in [1.54, 1.807) is 12.1 Å². The third kappa shape index (κ3) is 4.43. The average Bonchev–Trinajstić information content (AvgIpc) is 2.66. The van der Waals surface area contributed by atoms with Crippen LogP contribution in [0.15, 0.2) is 47.7 Å². The van der Waals surface area contributed by atoms with Gasteiger partial charge in [0.05, 0.1) is 11.7 Å². The topological polar surface area (TPSA) is 52.6 Å². The van der Waals surface area contributed by atoms with Crippen LogP contribution in [0, 0.1) is 12.8 Å². The first-order valence-electron chi connectivity index (χ1n) is 9.30. The highest BCUT2D eigenvalue weighted by Crippen LogP contribution is 2.37. The van der Waals surface area contributed by atoms with E-state index in [1.165, 1.54) is 5.57 Å². The minimum absolute atomic E-state index is 0.185. The molecule has 26 heavy (non-hydrogen) atoms. The van der Waals surface area contributed by atoms with E-state index in [1.807, 2.05) is 31.2 Å². The molecule has 0 bridgehead atoms. The SMILES string of the molecule is CC1=CC=C(OC2(C=O)CCC(C(=O)Oc3ccc(C)cc3)CC2)CC1. The third-order valence-corrected chi connectivity index (χ3v) is 5.27. The number of hydrogen-bond donors (Lipinski definition) is 0. The van der Waals surface area contributed by atoms with Gasteiger partial charge in [0.15, 0.2) is 11.9 Å². The van der Waals surface area contributed by atoms with Gasteiger partial charge in [-0.15, -0.1) is 0 Å². The molecule has 1 fully saturated rings. The van der Waals surface area contributed by atoms with Gasteiger partial charge in [0, 0.05) is 6.42 Å². The van der Waals surface area contributed by atoms with E-state index in [-0.39, 0.29) is 11.9 Å². The molecule has 4 heteroatoms. The van der Waals surface area contributed by atoms with Crippen LogP contribution in [0.5, 0.6) is 5.75 Å². The van der Waals surface area contributed by atoms with E-state index >= 15 is 0 Å². The van der Waals surface area contributed by atoms with Crippen LogP contribution in [0.2, 0.25) is 0 Å². The Balaban J connectivity index is 1.57. The number of rotatable bonds is 5. The van der Waals surface area contributed by atoms with Crippen molar-refractivity contribution in [3.05, 3.63) is 53.3 Å². The van der Waals surface area contributed by atoms with Crippen molar-refractivity contribution in [1.82, 2.24) is 0 Å². The van der Waals surface area contributed by atoms with E-state index in [0.29, 0.717) is 31.4 Å². The summed E-state index contributed by atoms with van der Waals surface area (Å²) in [7, 11) is 0. The number of aryl methyl sites for hydroxylation is 1. The van der Waals surface area contributed by atoms with E-state index < -0.39 is 5.60 Å². The van der Waals surface area contributed by atoms with E-state index in [4.69, 9.17) is 9.47 Å². The predicted octanol–water partition coefficient (Wildman–Crippen LogP) is 4.67. The molecular weight excluding hydrogens is 328 g/mol. The molecule has 0 heterocycles. The van der Waals surface area contributed by atoms with Crippen molar-refractivity contribution in [3.8, 4) is 5.75 Å². The molecule has 1 aromatic carbocycles. The van der Waals surface area contributed by atoms with Crippen molar-refractivity contribution < 1.29 is 19.1 Å². The fourth-order valence-electron chi connectivity index (χ4n) is 3.46. The lowest BCUT2D eigenvalue weighted by Crippen LogP contribution is -2.41. The summed E-state index contributed by atoms with van der Waals surface area (Å²) in [5, 5.41) is 0. The van der Waals surface area contributed by atoms with Crippen LogP contribution in [0.4, 0.5) is 0 Å². The second kappa shape index (κ2) is 7.90. The number of hydrogen-bond acceptors (Lipinski definition) is 4. The van der Waals surface area contributed by atoms with Crippen molar-refractivity contribution in [2.75, 3.05) is 0 Å². The van der Waals surface area contributed by atoms with Crippen molar-refractivity contribution in [1.29, 1.82) is 0 Å². The first kappa shape index (κ1) is 18.4. The molecule has 0 aromatic heterocycles. The molecular formula is C22H26O4. The Kier molecular flexibility index (Phi) is 5.60. The van der Waals surface area contributed by atoms with Gasteiger partial charge >= 0.3 is 5.97 Å². The van der Waals surface area contributed by atoms with Crippen molar-refractivity contribution in [3.63, 3.8) is 0 Å². The lowest BCUT2D eigenvalue weighted by molar-refractivity contribution is -0.145. The van der Waals surface area contributed by atoms with Crippen LogP contribution >= 0.6 is 0 Å². The van der Waals surface area contributed by atoms with Gasteiger partial charge in [0.1, 0.15) is 5.75 Å². The van der Waals surface area contributed by atoms with Gasteiger partial charge in [-0.2, -0.15) is 0 Å². The van der Waals surface area contributed by atoms with Crippen LogP contribution in [0.1, 0.15) is 51.0 Å². The van der Waals surface area contributed by atoms with Gasteiger partial charge in [-0.3, -0.25) is 9.59 Å². The summed E-state index contributed by atoms with van der Waals surface area (Å²) in [6.07, 6.45) is 9.01. The Hall–Kier alpha value is -2.36. The van der Waals surface area contributed by atoms with Crippen LogP contribution in [-0.2, 0) is 14.3 Å². The van der Waals surface area contributed by atoms with Gasteiger partial charge < -0.3 is 9.47 Å². The molecule has 0 saturated heterocycles. The van der Waals surface area contributed by atoms with Gasteiger partial charge in [-0.05, 0) is 64.2 Å². The molecule has 1 saturated carbocycles. The van der Waals surface area contributed by atoms with Gasteiger partial charge in [0.2, 0.25) is 0 Å². The average molecular weight is 354 g/mol. The van der Waals surface area contributed by atoms with E-state index in [0.717, 1.165) is 30.5 Å². The zero-order valence-electron chi connectivity index (χ0n) is 15.5. The number of carbonyl (C=O) groups excluding carboxylic acids is 2. The molecule has 3 rings (SSSR count). The molecule has 2 aliphatic rings. The second-order valence-electron chi connectivity index (χ2n) is 7.44. The Morgan fingerprint density at radius 2 is 1.77 bits per heavy atom. The maximum Gasteiger partial charge on any atom is 0.314 e. The molecule has 0 N–H and O–H groups in total. The molecule has 0 aliphatic heterocycles. The fraction of sp³-hybridized carbons (Fsp3) is 0.455. The Morgan fingerprint density at radius 1 is 1.08 bits per heavy atom. The number of ether oxygens (including phenoxy) is 2. The molecule has 138 valence electrons. The predicted molar refractivity (Wildman–Crippen MR) is 99.7 cm³/mol. The maximum absolute atomic E-state index is 12.4. The largest absolute Gasteiger partial charge is 0.484 e. The first-order valence-corrected chi connectivity index (χ1v) is 9.30. The van der Waals surface area contributed by atoms with Gasteiger partial charge in [-0.25, -0.2) is 0 Å². The monoisotopic (exact) mass is 354 g/mol. The molecule has 0 amide bonds. The molecule has 0 spiro atoms. The summed E-state index contributed by atoms with van der Waals surface area (Å²) in [6.45, 7) is 4.08. The molecule has 4 nitrogen and oxygen atoms in total. The number of aldehydes is 1. The van der Waals surface area contributed by atoms with Crippen LogP contribution < -0.4 is 4.74 Å². The summed E-state index contributed by atoms with van der Waals surface area (Å²) in [5.41, 5.74) is 1.64. The summed E-state index contributed by atoms with van der Waals surface area (Å²) in [4.78, 5) is 24.1. The zero-order valence-corrected chi connectivity index (χ0v) is 15.5. The lowest BCUT2D eigenvalue weighted by Gasteiger charge is -2.36. The van der Waals surface area contributed by atoms with Crippen LogP contribution in [0.3, 0.4) is 0 Å².